The molecule has 138 valence electrons. The van der Waals surface area contributed by atoms with Crippen LogP contribution in [0.2, 0.25) is 0 Å². The Balaban J connectivity index is 1.62. The molecule has 0 unspecified atom stereocenters. The average molecular weight is 360 g/mol. The van der Waals surface area contributed by atoms with Crippen molar-refractivity contribution in [1.29, 1.82) is 5.26 Å². The normalized spacial score (nSPS) is 17.3. The van der Waals surface area contributed by atoms with E-state index in [0.717, 1.165) is 37.7 Å². The minimum atomic E-state index is -0.547. The maximum absolute atomic E-state index is 12.2. The molecule has 0 aromatic heterocycles. The van der Waals surface area contributed by atoms with Crippen molar-refractivity contribution in [2.45, 2.75) is 38.1 Å². The Bertz CT molecular complexity index is 897. The minimum Gasteiger partial charge on any atom is -0.351 e. The van der Waals surface area contributed by atoms with Crippen LogP contribution in [0.3, 0.4) is 0 Å². The molecule has 0 atom stereocenters. The van der Waals surface area contributed by atoms with Gasteiger partial charge >= 0.3 is 6.03 Å². The van der Waals surface area contributed by atoms with Crippen LogP contribution in [0.5, 0.6) is 0 Å². The van der Waals surface area contributed by atoms with Crippen LogP contribution in [0.4, 0.5) is 16.2 Å². The largest absolute Gasteiger partial charge is 0.351 e. The first kappa shape index (κ1) is 17.6. The summed E-state index contributed by atoms with van der Waals surface area (Å²) in [5.74, 6) is 0. The molecule has 1 fully saturated rings. The number of amides is 2. The third kappa shape index (κ3) is 3.54. The van der Waals surface area contributed by atoms with Gasteiger partial charge in [-0.2, -0.15) is 5.26 Å². The van der Waals surface area contributed by atoms with Crippen molar-refractivity contribution in [1.82, 2.24) is 4.90 Å². The summed E-state index contributed by atoms with van der Waals surface area (Å²) in [5.41, 5.74) is 10.2. The van der Waals surface area contributed by atoms with Crippen LogP contribution in [0, 0.1) is 11.3 Å². The highest BCUT2D eigenvalue weighted by Gasteiger charge is 2.26. The second kappa shape index (κ2) is 7.42. The fraction of sp³-hybridized carbons (Fsp3) is 0.364. The standard InChI is InChI=1S/C22H24N4O/c23-15-16-3-1-6-20(13-16)26(22(24)27)21-8-7-17-9-11-25(19-4-2-5-19)12-10-18(17)14-21/h1,3,6-8,13-14,19H,2,4-5,9-12H2,(H2,24,27). The van der Waals surface area contributed by atoms with Crippen LogP contribution < -0.4 is 10.6 Å². The number of nitriles is 1. The van der Waals surface area contributed by atoms with Gasteiger partial charge in [0.25, 0.3) is 0 Å². The zero-order valence-electron chi connectivity index (χ0n) is 15.4. The molecule has 2 aliphatic rings. The van der Waals surface area contributed by atoms with Crippen LogP contribution in [0.15, 0.2) is 42.5 Å². The van der Waals surface area contributed by atoms with Crippen molar-refractivity contribution in [2.24, 2.45) is 5.73 Å². The lowest BCUT2D eigenvalue weighted by atomic mass is 9.91. The van der Waals surface area contributed by atoms with Gasteiger partial charge in [0.15, 0.2) is 0 Å². The highest BCUT2D eigenvalue weighted by atomic mass is 16.2. The maximum atomic E-state index is 12.2. The van der Waals surface area contributed by atoms with E-state index in [1.165, 1.54) is 35.3 Å². The van der Waals surface area contributed by atoms with E-state index in [2.05, 4.69) is 23.1 Å². The number of urea groups is 1. The summed E-state index contributed by atoms with van der Waals surface area (Å²) in [6.07, 6.45) is 6.04. The van der Waals surface area contributed by atoms with Crippen molar-refractivity contribution in [3.05, 3.63) is 59.2 Å². The summed E-state index contributed by atoms with van der Waals surface area (Å²) < 4.78 is 0. The van der Waals surface area contributed by atoms with E-state index >= 15 is 0 Å². The van der Waals surface area contributed by atoms with Crippen molar-refractivity contribution in [3.8, 4) is 6.07 Å². The number of benzene rings is 2. The monoisotopic (exact) mass is 360 g/mol. The first-order valence-electron chi connectivity index (χ1n) is 9.61. The molecule has 2 amide bonds. The molecular weight excluding hydrogens is 336 g/mol. The third-order valence-electron chi connectivity index (χ3n) is 5.83. The lowest BCUT2D eigenvalue weighted by Crippen LogP contribution is -2.41. The Labute approximate surface area is 160 Å². The third-order valence-corrected chi connectivity index (χ3v) is 5.83. The number of carbonyl (C=O) groups excluding carboxylic acids is 1. The fourth-order valence-corrected chi connectivity index (χ4v) is 4.10. The van der Waals surface area contributed by atoms with Crippen LogP contribution >= 0.6 is 0 Å². The van der Waals surface area contributed by atoms with Crippen LogP contribution in [-0.2, 0) is 12.8 Å². The Morgan fingerprint density at radius 1 is 1.07 bits per heavy atom. The number of hydrogen-bond donors (Lipinski definition) is 1. The summed E-state index contributed by atoms with van der Waals surface area (Å²) in [5, 5.41) is 9.15. The first-order valence-corrected chi connectivity index (χ1v) is 9.61. The number of anilines is 2. The number of fused-ring (bicyclic) bond motifs is 1. The summed E-state index contributed by atoms with van der Waals surface area (Å²) in [7, 11) is 0. The molecule has 5 nitrogen and oxygen atoms in total. The van der Waals surface area contributed by atoms with E-state index in [1.807, 2.05) is 6.07 Å². The highest BCUT2D eigenvalue weighted by molar-refractivity contribution is 5.98. The van der Waals surface area contributed by atoms with Crippen molar-refractivity contribution in [3.63, 3.8) is 0 Å². The summed E-state index contributed by atoms with van der Waals surface area (Å²) in [6, 6.07) is 15.5. The van der Waals surface area contributed by atoms with E-state index in [1.54, 1.807) is 24.3 Å². The van der Waals surface area contributed by atoms with Gasteiger partial charge in [-0.3, -0.25) is 9.80 Å². The van der Waals surface area contributed by atoms with Crippen molar-refractivity contribution >= 4 is 17.4 Å². The molecule has 1 aliphatic heterocycles. The molecule has 0 bridgehead atoms. The molecule has 2 N–H and O–H groups in total. The van der Waals surface area contributed by atoms with Crippen molar-refractivity contribution < 1.29 is 4.79 Å². The van der Waals surface area contributed by atoms with Gasteiger partial charge in [-0.1, -0.05) is 18.6 Å². The Hall–Kier alpha value is -2.84. The SMILES string of the molecule is N#Cc1cccc(N(C(N)=O)c2ccc3c(c2)CCN(C2CCC2)CC3)c1. The van der Waals surface area contributed by atoms with Gasteiger partial charge in [0.2, 0.25) is 0 Å². The lowest BCUT2D eigenvalue weighted by Gasteiger charge is -2.36. The summed E-state index contributed by atoms with van der Waals surface area (Å²) in [6.45, 7) is 2.18. The quantitative estimate of drug-likeness (QED) is 0.906. The topological polar surface area (TPSA) is 73.4 Å². The van der Waals surface area contributed by atoms with E-state index < -0.39 is 6.03 Å². The molecule has 27 heavy (non-hydrogen) atoms. The number of nitrogens with two attached hydrogens (primary N) is 1. The molecule has 2 aromatic carbocycles. The highest BCUT2D eigenvalue weighted by Crippen LogP contribution is 2.31. The van der Waals surface area contributed by atoms with Gasteiger partial charge < -0.3 is 5.73 Å². The average Bonchev–Trinajstić information content (AvgIpc) is 2.83. The fourth-order valence-electron chi connectivity index (χ4n) is 4.10. The molecule has 1 aliphatic carbocycles. The van der Waals surface area contributed by atoms with Crippen LogP contribution in [-0.4, -0.2) is 30.1 Å². The number of carbonyl (C=O) groups is 1. The smallest absolute Gasteiger partial charge is 0.323 e. The molecule has 2 aromatic rings. The van der Waals surface area contributed by atoms with Gasteiger partial charge in [0.05, 0.1) is 23.0 Å². The van der Waals surface area contributed by atoms with Crippen LogP contribution in [0.1, 0.15) is 36.0 Å². The lowest BCUT2D eigenvalue weighted by molar-refractivity contribution is 0.133. The molecule has 1 saturated carbocycles. The molecule has 0 spiro atoms. The van der Waals surface area contributed by atoms with Gasteiger partial charge in [0, 0.05) is 19.1 Å². The zero-order chi connectivity index (χ0) is 18.8. The van der Waals surface area contributed by atoms with E-state index in [-0.39, 0.29) is 0 Å². The van der Waals surface area contributed by atoms with E-state index in [0.29, 0.717) is 11.3 Å². The summed E-state index contributed by atoms with van der Waals surface area (Å²) >= 11 is 0. The van der Waals surface area contributed by atoms with Gasteiger partial charge in [-0.15, -0.1) is 0 Å². The second-order valence-electron chi connectivity index (χ2n) is 7.41. The molecule has 1 heterocycles. The first-order chi connectivity index (χ1) is 13.2. The number of hydrogen-bond acceptors (Lipinski definition) is 3. The second-order valence-corrected chi connectivity index (χ2v) is 7.41. The number of nitrogens with zero attached hydrogens (tertiary/aromatic N) is 3. The molecule has 0 saturated heterocycles. The maximum Gasteiger partial charge on any atom is 0.323 e. The van der Waals surface area contributed by atoms with Gasteiger partial charge in [-0.05, 0) is 67.1 Å². The number of rotatable bonds is 3. The molecular formula is C22H24N4O. The van der Waals surface area contributed by atoms with Crippen molar-refractivity contribution in [2.75, 3.05) is 18.0 Å². The predicted octanol–water partition coefficient (Wildman–Crippen LogP) is 3.73. The summed E-state index contributed by atoms with van der Waals surface area (Å²) in [4.78, 5) is 16.3. The Kier molecular flexibility index (Phi) is 4.83. The zero-order valence-corrected chi connectivity index (χ0v) is 15.4. The van der Waals surface area contributed by atoms with Crippen LogP contribution in [0.25, 0.3) is 0 Å². The van der Waals surface area contributed by atoms with Gasteiger partial charge in [-0.25, -0.2) is 4.79 Å². The molecule has 5 heteroatoms. The molecule has 4 rings (SSSR count). The predicted molar refractivity (Wildman–Crippen MR) is 106 cm³/mol. The molecule has 0 radical (unpaired) electrons. The Morgan fingerprint density at radius 2 is 1.81 bits per heavy atom. The Morgan fingerprint density at radius 3 is 2.48 bits per heavy atom. The van der Waals surface area contributed by atoms with E-state index in [9.17, 15) is 4.79 Å². The van der Waals surface area contributed by atoms with Gasteiger partial charge in [0.1, 0.15) is 0 Å². The number of primary amides is 1. The minimum absolute atomic E-state index is 0.504. The van der Waals surface area contributed by atoms with E-state index in [4.69, 9.17) is 11.0 Å².